The maximum Gasteiger partial charge on any atom is 0.254 e. The summed E-state index contributed by atoms with van der Waals surface area (Å²) < 4.78 is 1.71. The van der Waals surface area contributed by atoms with Crippen molar-refractivity contribution < 1.29 is 9.90 Å². The minimum atomic E-state index is -0.678. The topological polar surface area (TPSA) is 92.9 Å². The van der Waals surface area contributed by atoms with Crippen LogP contribution in [0.4, 0.5) is 0 Å². The van der Waals surface area contributed by atoms with E-state index in [1.807, 2.05) is 45.0 Å². The molecule has 31 heavy (non-hydrogen) atoms. The number of benzene rings is 1. The average Bonchev–Trinajstić information content (AvgIpc) is 3.11. The summed E-state index contributed by atoms with van der Waals surface area (Å²) in [5.74, 6) is 0.315. The van der Waals surface area contributed by atoms with Crippen molar-refractivity contribution in [2.45, 2.75) is 70.4 Å². The van der Waals surface area contributed by atoms with E-state index in [2.05, 4.69) is 20.4 Å². The number of aliphatic hydroxyl groups is 1. The van der Waals surface area contributed by atoms with Gasteiger partial charge in [-0.3, -0.25) is 4.79 Å². The van der Waals surface area contributed by atoms with E-state index in [0.717, 1.165) is 55.1 Å². The van der Waals surface area contributed by atoms with E-state index in [0.29, 0.717) is 11.5 Å². The van der Waals surface area contributed by atoms with Gasteiger partial charge in [0.1, 0.15) is 0 Å². The van der Waals surface area contributed by atoms with Crippen molar-refractivity contribution in [3.8, 4) is 5.95 Å². The van der Waals surface area contributed by atoms with Crippen LogP contribution in [0.5, 0.6) is 0 Å². The molecule has 0 spiro atoms. The summed E-state index contributed by atoms with van der Waals surface area (Å²) in [4.78, 5) is 21.8. The number of nitrogens with zero attached hydrogens (tertiary/aromatic N) is 4. The van der Waals surface area contributed by atoms with Gasteiger partial charge in [-0.25, -0.2) is 9.97 Å². The minimum absolute atomic E-state index is 0.0189. The summed E-state index contributed by atoms with van der Waals surface area (Å²) in [6.07, 6.45) is 8.69. The van der Waals surface area contributed by atoms with Crippen LogP contribution in [0, 0.1) is 12.3 Å². The van der Waals surface area contributed by atoms with Crippen molar-refractivity contribution in [2.75, 3.05) is 0 Å². The zero-order valence-corrected chi connectivity index (χ0v) is 18.4. The summed E-state index contributed by atoms with van der Waals surface area (Å²) in [5.41, 5.74) is 1.43. The van der Waals surface area contributed by atoms with Gasteiger partial charge < -0.3 is 10.4 Å². The van der Waals surface area contributed by atoms with Crippen molar-refractivity contribution in [3.05, 3.63) is 47.9 Å². The number of carbonyl (C=O) groups is 1. The van der Waals surface area contributed by atoms with E-state index < -0.39 is 5.60 Å². The Hall–Kier alpha value is -2.80. The van der Waals surface area contributed by atoms with Crippen LogP contribution < -0.4 is 5.32 Å². The largest absolute Gasteiger partial charge is 0.390 e. The fourth-order valence-electron chi connectivity index (χ4n) is 5.53. The quantitative estimate of drug-likeness (QED) is 0.672. The van der Waals surface area contributed by atoms with E-state index >= 15 is 0 Å². The molecule has 0 atom stereocenters. The summed E-state index contributed by atoms with van der Waals surface area (Å²) >= 11 is 0. The zero-order chi connectivity index (χ0) is 21.9. The maximum absolute atomic E-state index is 13.0. The average molecular weight is 420 g/mol. The Morgan fingerprint density at radius 2 is 1.68 bits per heavy atom. The lowest BCUT2D eigenvalue weighted by molar-refractivity contribution is -0.121. The van der Waals surface area contributed by atoms with E-state index in [-0.39, 0.29) is 16.9 Å². The lowest BCUT2D eigenvalue weighted by Crippen LogP contribution is -2.61. The third-order valence-corrected chi connectivity index (χ3v) is 7.78. The summed E-state index contributed by atoms with van der Waals surface area (Å²) in [7, 11) is 0. The molecule has 2 aromatic heterocycles. The number of aromatic nitrogens is 4. The van der Waals surface area contributed by atoms with Gasteiger partial charge in [-0.05, 0) is 70.8 Å². The lowest BCUT2D eigenvalue weighted by Gasteiger charge is -2.58. The second-order valence-electron chi connectivity index (χ2n) is 9.86. The van der Waals surface area contributed by atoms with Crippen LogP contribution >= 0.6 is 0 Å². The predicted molar refractivity (Wildman–Crippen MR) is 118 cm³/mol. The SMILES string of the molecule is Cc1nn(-c2ncc(C(=O)NC34CCC(C(C)(C)O)(CC3)CC4)cn2)c2ccccc12. The minimum Gasteiger partial charge on any atom is -0.390 e. The standard InChI is InChI=1S/C24H29N5O2/c1-16-18-6-4-5-7-19(18)29(28-16)21-25-14-17(15-26-21)20(30)27-24-11-8-23(9-12-24,10-13-24)22(2,3)31/h4-7,14-15,31H,8-13H2,1-3H3,(H,27,30). The Kier molecular flexibility index (Phi) is 4.45. The molecule has 3 fully saturated rings. The van der Waals surface area contributed by atoms with Crippen LogP contribution in [-0.4, -0.2) is 41.9 Å². The van der Waals surface area contributed by atoms with Crippen molar-refractivity contribution >= 4 is 16.8 Å². The van der Waals surface area contributed by atoms with Gasteiger partial charge in [0.05, 0.1) is 22.4 Å². The highest BCUT2D eigenvalue weighted by molar-refractivity contribution is 5.94. The van der Waals surface area contributed by atoms with Crippen molar-refractivity contribution in [2.24, 2.45) is 5.41 Å². The van der Waals surface area contributed by atoms with E-state index in [1.54, 1.807) is 17.1 Å². The molecule has 0 aliphatic heterocycles. The van der Waals surface area contributed by atoms with Crippen molar-refractivity contribution in [1.29, 1.82) is 0 Å². The van der Waals surface area contributed by atoms with Crippen LogP contribution in [0.3, 0.4) is 0 Å². The van der Waals surface area contributed by atoms with E-state index in [1.165, 1.54) is 0 Å². The first-order valence-electron chi connectivity index (χ1n) is 11.0. The number of amides is 1. The Balaban J connectivity index is 1.33. The second-order valence-corrected chi connectivity index (χ2v) is 9.86. The number of para-hydroxylation sites is 1. The molecule has 1 aromatic carbocycles. The predicted octanol–water partition coefficient (Wildman–Crippen LogP) is 3.72. The highest BCUT2D eigenvalue weighted by Gasteiger charge is 2.55. The molecule has 3 saturated carbocycles. The van der Waals surface area contributed by atoms with Gasteiger partial charge in [0.15, 0.2) is 0 Å². The van der Waals surface area contributed by atoms with Gasteiger partial charge >= 0.3 is 0 Å². The van der Waals surface area contributed by atoms with Crippen LogP contribution in [0.15, 0.2) is 36.7 Å². The molecule has 3 aromatic rings. The third-order valence-electron chi connectivity index (χ3n) is 7.78. The molecule has 0 saturated heterocycles. The van der Waals surface area contributed by atoms with Gasteiger partial charge in [0, 0.05) is 23.3 Å². The summed E-state index contributed by atoms with van der Waals surface area (Å²) in [5, 5.41) is 19.5. The van der Waals surface area contributed by atoms with Crippen LogP contribution in [0.1, 0.15) is 68.4 Å². The molecule has 162 valence electrons. The van der Waals surface area contributed by atoms with E-state index in [4.69, 9.17) is 0 Å². The van der Waals surface area contributed by atoms with E-state index in [9.17, 15) is 9.90 Å². The smallest absolute Gasteiger partial charge is 0.254 e. The Morgan fingerprint density at radius 3 is 2.29 bits per heavy atom. The molecule has 1 amide bonds. The summed E-state index contributed by atoms with van der Waals surface area (Å²) in [6.45, 7) is 5.81. The molecule has 0 radical (unpaired) electrons. The molecular weight excluding hydrogens is 390 g/mol. The number of rotatable bonds is 4. The first-order valence-corrected chi connectivity index (χ1v) is 11.0. The monoisotopic (exact) mass is 419 g/mol. The number of fused-ring (bicyclic) bond motifs is 4. The lowest BCUT2D eigenvalue weighted by atomic mass is 9.52. The molecule has 2 bridgehead atoms. The number of carbonyl (C=O) groups excluding carboxylic acids is 1. The molecule has 7 heteroatoms. The van der Waals surface area contributed by atoms with Crippen LogP contribution in [0.2, 0.25) is 0 Å². The number of hydrogen-bond acceptors (Lipinski definition) is 5. The van der Waals surface area contributed by atoms with Crippen molar-refractivity contribution in [1.82, 2.24) is 25.1 Å². The Morgan fingerprint density at radius 1 is 1.06 bits per heavy atom. The molecule has 7 nitrogen and oxygen atoms in total. The third kappa shape index (κ3) is 3.22. The Bertz CT molecular complexity index is 1120. The van der Waals surface area contributed by atoms with Crippen LogP contribution in [-0.2, 0) is 0 Å². The molecule has 2 N–H and O–H groups in total. The zero-order valence-electron chi connectivity index (χ0n) is 18.4. The molecular formula is C24H29N5O2. The van der Waals surface area contributed by atoms with Gasteiger partial charge in [0.25, 0.3) is 11.9 Å². The molecule has 0 unspecified atom stereocenters. The molecule has 3 aliphatic rings. The maximum atomic E-state index is 13.0. The van der Waals surface area contributed by atoms with Crippen molar-refractivity contribution in [3.63, 3.8) is 0 Å². The fourth-order valence-corrected chi connectivity index (χ4v) is 5.53. The fraction of sp³-hybridized carbons (Fsp3) is 0.500. The molecule has 6 rings (SSSR count). The Labute approximate surface area is 181 Å². The van der Waals surface area contributed by atoms with Gasteiger partial charge in [-0.15, -0.1) is 0 Å². The first kappa shape index (κ1) is 20.1. The van der Waals surface area contributed by atoms with Gasteiger partial charge in [-0.1, -0.05) is 18.2 Å². The molecule has 2 heterocycles. The normalized spacial score (nSPS) is 25.7. The van der Waals surface area contributed by atoms with Gasteiger partial charge in [-0.2, -0.15) is 9.78 Å². The first-order chi connectivity index (χ1) is 14.7. The highest BCUT2D eigenvalue weighted by Crippen LogP contribution is 2.57. The number of hydrogen-bond donors (Lipinski definition) is 2. The van der Waals surface area contributed by atoms with Gasteiger partial charge in [0.2, 0.25) is 0 Å². The molecule has 3 aliphatic carbocycles. The number of aryl methyl sites for hydroxylation is 1. The summed E-state index contributed by atoms with van der Waals surface area (Å²) in [6, 6.07) is 7.95. The number of nitrogens with one attached hydrogen (secondary N) is 1. The van der Waals surface area contributed by atoms with Crippen LogP contribution in [0.25, 0.3) is 16.9 Å². The second kappa shape index (κ2) is 6.85. The highest BCUT2D eigenvalue weighted by atomic mass is 16.3.